The van der Waals surface area contributed by atoms with E-state index in [4.69, 9.17) is 21.7 Å². The molecule has 0 bridgehead atoms. The van der Waals surface area contributed by atoms with Crippen LogP contribution < -0.4 is 0 Å². The predicted molar refractivity (Wildman–Crippen MR) is 101 cm³/mol. The number of fused-ring (bicyclic) bond motifs is 1. The van der Waals surface area contributed by atoms with Gasteiger partial charge in [0.2, 0.25) is 0 Å². The van der Waals surface area contributed by atoms with E-state index >= 15 is 0 Å². The van der Waals surface area contributed by atoms with Gasteiger partial charge in [0.15, 0.2) is 0 Å². The quantitative estimate of drug-likeness (QED) is 0.586. The van der Waals surface area contributed by atoms with Crippen molar-refractivity contribution in [3.05, 3.63) is 38.6 Å². The van der Waals surface area contributed by atoms with Gasteiger partial charge in [0.1, 0.15) is 5.69 Å². The maximum absolute atomic E-state index is 6.00. The molecule has 3 nitrogen and oxygen atoms in total. The van der Waals surface area contributed by atoms with Crippen LogP contribution in [0.3, 0.4) is 0 Å². The second kappa shape index (κ2) is 5.64. The lowest BCUT2D eigenvalue weighted by Crippen LogP contribution is -2.33. The molecule has 1 atom stereocenters. The van der Waals surface area contributed by atoms with E-state index in [0.717, 1.165) is 34.2 Å². The highest BCUT2D eigenvalue weighted by atomic mass is 127. The van der Waals surface area contributed by atoms with Gasteiger partial charge in [-0.15, -0.1) is 0 Å². The summed E-state index contributed by atoms with van der Waals surface area (Å²) in [5, 5.41) is 5.59. The average Bonchev–Trinajstić information content (AvgIpc) is 2.75. The summed E-state index contributed by atoms with van der Waals surface area (Å²) in [6.07, 6.45) is 0. The van der Waals surface area contributed by atoms with E-state index in [9.17, 15) is 0 Å². The van der Waals surface area contributed by atoms with Gasteiger partial charge in [-0.3, -0.25) is 9.67 Å². The first kappa shape index (κ1) is 16.0. The van der Waals surface area contributed by atoms with Crippen LogP contribution in [0.25, 0.3) is 11.3 Å². The highest BCUT2D eigenvalue weighted by Gasteiger charge is 2.32. The fourth-order valence-electron chi connectivity index (χ4n) is 2.71. The lowest BCUT2D eigenvalue weighted by molar-refractivity contribution is 0.492. The molecule has 2 heterocycles. The van der Waals surface area contributed by atoms with Crippen LogP contribution in [-0.4, -0.2) is 21.5 Å². The van der Waals surface area contributed by atoms with E-state index in [1.165, 1.54) is 3.57 Å². The number of rotatable bonds is 1. The van der Waals surface area contributed by atoms with E-state index in [1.807, 2.05) is 24.3 Å². The van der Waals surface area contributed by atoms with Crippen LogP contribution in [0.4, 0.5) is 0 Å². The minimum absolute atomic E-state index is 0.00362. The van der Waals surface area contributed by atoms with Crippen LogP contribution in [0, 0.1) is 8.99 Å². The van der Waals surface area contributed by atoms with Gasteiger partial charge in [0.25, 0.3) is 0 Å². The Kier molecular flexibility index (Phi) is 4.10. The molecule has 0 fully saturated rings. The Labute approximate surface area is 149 Å². The zero-order valence-corrected chi connectivity index (χ0v) is 16.1. The molecule has 0 amide bonds. The van der Waals surface area contributed by atoms with Crippen molar-refractivity contribution in [1.82, 2.24) is 9.78 Å². The summed E-state index contributed by atoms with van der Waals surface area (Å²) < 4.78 is 3.28. The van der Waals surface area contributed by atoms with Crippen molar-refractivity contribution < 1.29 is 0 Å². The smallest absolute Gasteiger partial charge is 0.106 e. The first-order valence-corrected chi connectivity index (χ1v) is 8.84. The number of hydrogen-bond acceptors (Lipinski definition) is 2. The van der Waals surface area contributed by atoms with Gasteiger partial charge in [-0.05, 0) is 41.6 Å². The van der Waals surface area contributed by atoms with Gasteiger partial charge in [0.05, 0.1) is 27.6 Å². The van der Waals surface area contributed by atoms with Crippen LogP contribution in [0.1, 0.15) is 33.4 Å². The molecule has 2 aromatic rings. The summed E-state index contributed by atoms with van der Waals surface area (Å²) in [5.41, 5.74) is 4.42. The summed E-state index contributed by atoms with van der Waals surface area (Å²) in [6, 6.07) is 8.13. The Morgan fingerprint density at radius 3 is 2.45 bits per heavy atom. The SMILES string of the molecule is C[C@@H]1Cn2nc(-c3ccc(Cl)cc3)c(I)c2C(C(C)(C)C)=N1. The molecule has 1 aliphatic heterocycles. The maximum Gasteiger partial charge on any atom is 0.106 e. The third kappa shape index (κ3) is 2.83. The molecule has 1 aromatic carbocycles. The van der Waals surface area contributed by atoms with Crippen LogP contribution in [-0.2, 0) is 6.54 Å². The molecule has 3 rings (SSSR count). The van der Waals surface area contributed by atoms with Crippen molar-refractivity contribution in [2.24, 2.45) is 10.4 Å². The molecule has 0 saturated heterocycles. The Balaban J connectivity index is 2.16. The Bertz CT molecular complexity index is 738. The number of hydrogen-bond donors (Lipinski definition) is 0. The third-order valence-electron chi connectivity index (χ3n) is 3.73. The van der Waals surface area contributed by atoms with Gasteiger partial charge >= 0.3 is 0 Å². The maximum atomic E-state index is 6.00. The lowest BCUT2D eigenvalue weighted by Gasteiger charge is -2.28. The first-order valence-electron chi connectivity index (χ1n) is 7.38. The summed E-state index contributed by atoms with van der Waals surface area (Å²) >= 11 is 8.39. The average molecular weight is 428 g/mol. The molecule has 0 radical (unpaired) electrons. The van der Waals surface area contributed by atoms with Gasteiger partial charge in [-0.2, -0.15) is 5.10 Å². The number of nitrogens with zero attached hydrogens (tertiary/aromatic N) is 3. The Morgan fingerprint density at radius 1 is 1.23 bits per heavy atom. The zero-order valence-electron chi connectivity index (χ0n) is 13.2. The molecule has 0 saturated carbocycles. The summed E-state index contributed by atoms with van der Waals surface area (Å²) in [4.78, 5) is 4.91. The minimum atomic E-state index is 0.00362. The van der Waals surface area contributed by atoms with E-state index in [0.29, 0.717) is 0 Å². The van der Waals surface area contributed by atoms with Crippen molar-refractivity contribution >= 4 is 39.9 Å². The molecule has 0 spiro atoms. The molecule has 22 heavy (non-hydrogen) atoms. The van der Waals surface area contributed by atoms with Crippen LogP contribution in [0.2, 0.25) is 5.02 Å². The van der Waals surface area contributed by atoms with E-state index < -0.39 is 0 Å². The van der Waals surface area contributed by atoms with Crippen molar-refractivity contribution in [3.63, 3.8) is 0 Å². The normalized spacial score (nSPS) is 18.1. The second-order valence-corrected chi connectivity index (χ2v) is 8.29. The molecular weight excluding hydrogens is 409 g/mol. The molecule has 0 N–H and O–H groups in total. The number of halogens is 2. The standard InChI is InChI=1S/C17H19ClIN3/c1-10-9-22-15(16(20-10)17(2,3)4)13(19)14(21-22)11-5-7-12(18)8-6-11/h5-8,10H,9H2,1-4H3/t10-/m1/s1. The molecular formula is C17H19ClIN3. The molecule has 116 valence electrons. The molecule has 1 aliphatic rings. The van der Waals surface area contributed by atoms with E-state index in [-0.39, 0.29) is 11.5 Å². The van der Waals surface area contributed by atoms with E-state index in [2.05, 4.69) is 55.0 Å². The number of aliphatic imine (C=N–C) groups is 1. The van der Waals surface area contributed by atoms with Gasteiger partial charge in [-0.1, -0.05) is 44.5 Å². The largest absolute Gasteiger partial charge is 0.282 e. The van der Waals surface area contributed by atoms with Crippen molar-refractivity contribution in [2.75, 3.05) is 0 Å². The van der Waals surface area contributed by atoms with Crippen molar-refractivity contribution in [2.45, 2.75) is 40.3 Å². The number of benzene rings is 1. The fourth-order valence-corrected chi connectivity index (χ4v) is 3.79. The van der Waals surface area contributed by atoms with Crippen molar-refractivity contribution in [3.8, 4) is 11.3 Å². The van der Waals surface area contributed by atoms with E-state index in [1.54, 1.807) is 0 Å². The number of aromatic nitrogens is 2. The van der Waals surface area contributed by atoms with Gasteiger partial charge in [0, 0.05) is 16.0 Å². The topological polar surface area (TPSA) is 30.2 Å². The Hall–Kier alpha value is -0.880. The molecule has 0 aliphatic carbocycles. The zero-order chi connectivity index (χ0) is 16.1. The highest BCUT2D eigenvalue weighted by molar-refractivity contribution is 14.1. The molecule has 0 unspecified atom stereocenters. The third-order valence-corrected chi connectivity index (χ3v) is 5.01. The summed E-state index contributed by atoms with van der Waals surface area (Å²) in [7, 11) is 0. The Morgan fingerprint density at radius 2 is 1.86 bits per heavy atom. The second-order valence-electron chi connectivity index (χ2n) is 6.78. The van der Waals surface area contributed by atoms with Gasteiger partial charge in [-0.25, -0.2) is 0 Å². The fraction of sp³-hybridized carbons (Fsp3) is 0.412. The monoisotopic (exact) mass is 427 g/mol. The minimum Gasteiger partial charge on any atom is -0.282 e. The molecule has 5 heteroatoms. The van der Waals surface area contributed by atoms with Crippen molar-refractivity contribution in [1.29, 1.82) is 0 Å². The molecule has 1 aromatic heterocycles. The first-order chi connectivity index (χ1) is 10.3. The van der Waals surface area contributed by atoms with Crippen LogP contribution in [0.15, 0.2) is 29.3 Å². The lowest BCUT2D eigenvalue weighted by atomic mass is 9.86. The van der Waals surface area contributed by atoms with Crippen LogP contribution in [0.5, 0.6) is 0 Å². The predicted octanol–water partition coefficient (Wildman–Crippen LogP) is 5.05. The summed E-state index contributed by atoms with van der Waals surface area (Å²) in [6.45, 7) is 9.60. The summed E-state index contributed by atoms with van der Waals surface area (Å²) in [5.74, 6) is 0. The van der Waals surface area contributed by atoms with Gasteiger partial charge < -0.3 is 0 Å². The highest BCUT2D eigenvalue weighted by Crippen LogP contribution is 2.34. The van der Waals surface area contributed by atoms with Crippen LogP contribution >= 0.6 is 34.2 Å².